The number of aliphatic hydroxyl groups is 1. The molecule has 0 spiro atoms. The predicted octanol–water partition coefficient (Wildman–Crippen LogP) is 1.85. The fourth-order valence-electron chi connectivity index (χ4n) is 1.50. The third-order valence-corrected chi connectivity index (χ3v) is 2.24. The van der Waals surface area contributed by atoms with Crippen LogP contribution < -0.4 is 4.74 Å². The third kappa shape index (κ3) is 1.99. The lowest BCUT2D eigenvalue weighted by atomic mass is 10.0. The summed E-state index contributed by atoms with van der Waals surface area (Å²) in [4.78, 5) is 0. The third-order valence-electron chi connectivity index (χ3n) is 2.24. The van der Waals surface area contributed by atoms with Gasteiger partial charge in [-0.1, -0.05) is 19.4 Å². The molecule has 0 saturated heterocycles. The second kappa shape index (κ2) is 4.86. The minimum Gasteiger partial charge on any atom is -0.504 e. The lowest BCUT2D eigenvalue weighted by Crippen LogP contribution is -1.96. The highest BCUT2D eigenvalue weighted by Crippen LogP contribution is 2.32. The SMILES string of the molecule is CCCc1ccc(OC)c(O)c1CO. The lowest BCUT2D eigenvalue weighted by molar-refractivity contribution is 0.271. The normalized spacial score (nSPS) is 10.2. The molecule has 1 aromatic rings. The standard InChI is InChI=1S/C11H16O3/c1-3-4-8-5-6-10(14-2)11(13)9(8)7-12/h5-6,12-13H,3-4,7H2,1-2H3. The summed E-state index contributed by atoms with van der Waals surface area (Å²) in [5.74, 6) is 0.467. The summed E-state index contributed by atoms with van der Waals surface area (Å²) in [7, 11) is 1.50. The van der Waals surface area contributed by atoms with Crippen molar-refractivity contribution in [2.45, 2.75) is 26.4 Å². The van der Waals surface area contributed by atoms with Crippen molar-refractivity contribution >= 4 is 0 Å². The van der Waals surface area contributed by atoms with E-state index in [1.807, 2.05) is 6.07 Å². The fraction of sp³-hybridized carbons (Fsp3) is 0.455. The molecule has 0 atom stereocenters. The molecule has 2 N–H and O–H groups in total. The maximum Gasteiger partial charge on any atom is 0.163 e. The minimum atomic E-state index is -0.154. The molecule has 0 aliphatic carbocycles. The molecule has 0 unspecified atom stereocenters. The van der Waals surface area contributed by atoms with Crippen LogP contribution in [0.15, 0.2) is 12.1 Å². The first kappa shape index (κ1) is 10.9. The van der Waals surface area contributed by atoms with Gasteiger partial charge in [-0.15, -0.1) is 0 Å². The number of benzene rings is 1. The van der Waals surface area contributed by atoms with Gasteiger partial charge >= 0.3 is 0 Å². The van der Waals surface area contributed by atoms with Gasteiger partial charge in [0.25, 0.3) is 0 Å². The van der Waals surface area contributed by atoms with Gasteiger partial charge in [0, 0.05) is 5.56 Å². The Morgan fingerprint density at radius 2 is 2.07 bits per heavy atom. The number of aromatic hydroxyl groups is 1. The fourth-order valence-corrected chi connectivity index (χ4v) is 1.50. The van der Waals surface area contributed by atoms with Crippen LogP contribution in [0.2, 0.25) is 0 Å². The van der Waals surface area contributed by atoms with E-state index in [9.17, 15) is 5.11 Å². The Bertz CT molecular complexity index is 308. The number of rotatable bonds is 4. The smallest absolute Gasteiger partial charge is 0.163 e. The van der Waals surface area contributed by atoms with Crippen LogP contribution in [0.1, 0.15) is 24.5 Å². The van der Waals surface area contributed by atoms with Crippen LogP contribution in [0.5, 0.6) is 11.5 Å². The number of hydrogen-bond acceptors (Lipinski definition) is 3. The van der Waals surface area contributed by atoms with Gasteiger partial charge in [-0.3, -0.25) is 0 Å². The second-order valence-corrected chi connectivity index (χ2v) is 3.16. The average molecular weight is 196 g/mol. The molecule has 0 radical (unpaired) electrons. The summed E-state index contributed by atoms with van der Waals surface area (Å²) in [5, 5.41) is 18.8. The van der Waals surface area contributed by atoms with Crippen LogP contribution in [0.25, 0.3) is 0 Å². The molecule has 0 aliphatic rings. The maximum absolute atomic E-state index is 9.71. The molecule has 1 rings (SSSR count). The van der Waals surface area contributed by atoms with Gasteiger partial charge in [0.05, 0.1) is 13.7 Å². The van der Waals surface area contributed by atoms with Gasteiger partial charge in [0.1, 0.15) is 0 Å². The van der Waals surface area contributed by atoms with Crippen LogP contribution in [-0.4, -0.2) is 17.3 Å². The summed E-state index contributed by atoms with van der Waals surface area (Å²) in [5.41, 5.74) is 1.56. The molecule has 3 nitrogen and oxygen atoms in total. The van der Waals surface area contributed by atoms with E-state index < -0.39 is 0 Å². The summed E-state index contributed by atoms with van der Waals surface area (Å²) in [6.07, 6.45) is 1.84. The first-order valence-corrected chi connectivity index (χ1v) is 4.73. The van der Waals surface area contributed by atoms with E-state index in [-0.39, 0.29) is 12.4 Å². The van der Waals surface area contributed by atoms with Crippen molar-refractivity contribution in [3.8, 4) is 11.5 Å². The lowest BCUT2D eigenvalue weighted by Gasteiger charge is -2.11. The highest BCUT2D eigenvalue weighted by Gasteiger charge is 2.11. The van der Waals surface area contributed by atoms with Crippen LogP contribution in [0.4, 0.5) is 0 Å². The van der Waals surface area contributed by atoms with E-state index in [1.165, 1.54) is 7.11 Å². The van der Waals surface area contributed by atoms with E-state index in [1.54, 1.807) is 6.07 Å². The Balaban J connectivity index is 3.14. The molecular weight excluding hydrogens is 180 g/mol. The largest absolute Gasteiger partial charge is 0.504 e. The van der Waals surface area contributed by atoms with E-state index in [0.29, 0.717) is 11.3 Å². The van der Waals surface area contributed by atoms with E-state index in [4.69, 9.17) is 9.84 Å². The molecule has 78 valence electrons. The Kier molecular flexibility index (Phi) is 3.77. The van der Waals surface area contributed by atoms with Crippen molar-refractivity contribution in [1.29, 1.82) is 0 Å². The predicted molar refractivity (Wildman–Crippen MR) is 54.6 cm³/mol. The van der Waals surface area contributed by atoms with Gasteiger partial charge < -0.3 is 14.9 Å². The van der Waals surface area contributed by atoms with Crippen molar-refractivity contribution < 1.29 is 14.9 Å². The van der Waals surface area contributed by atoms with E-state index in [0.717, 1.165) is 18.4 Å². The summed E-state index contributed by atoms with van der Waals surface area (Å²) in [6.45, 7) is 1.90. The minimum absolute atomic E-state index is 0.0564. The van der Waals surface area contributed by atoms with E-state index >= 15 is 0 Å². The number of phenols is 1. The maximum atomic E-state index is 9.71. The molecule has 0 saturated carbocycles. The van der Waals surface area contributed by atoms with Crippen LogP contribution in [-0.2, 0) is 13.0 Å². The molecule has 14 heavy (non-hydrogen) atoms. The van der Waals surface area contributed by atoms with Gasteiger partial charge in [-0.25, -0.2) is 0 Å². The summed E-state index contributed by atoms with van der Waals surface area (Å²) < 4.78 is 4.96. The molecule has 0 amide bonds. The zero-order valence-electron chi connectivity index (χ0n) is 8.58. The Morgan fingerprint density at radius 1 is 1.36 bits per heavy atom. The topological polar surface area (TPSA) is 49.7 Å². The number of aliphatic hydroxyl groups excluding tert-OH is 1. The molecule has 0 heterocycles. The van der Waals surface area contributed by atoms with Crippen LogP contribution in [0.3, 0.4) is 0 Å². The Labute approximate surface area is 84.0 Å². The number of aryl methyl sites for hydroxylation is 1. The molecule has 0 fully saturated rings. The number of methoxy groups -OCH3 is 1. The summed E-state index contributed by atoms with van der Waals surface area (Å²) in [6, 6.07) is 3.60. The van der Waals surface area contributed by atoms with Crippen molar-refractivity contribution in [2.24, 2.45) is 0 Å². The molecule has 3 heteroatoms. The van der Waals surface area contributed by atoms with Crippen molar-refractivity contribution in [1.82, 2.24) is 0 Å². The highest BCUT2D eigenvalue weighted by molar-refractivity contribution is 5.49. The zero-order chi connectivity index (χ0) is 10.6. The van der Waals surface area contributed by atoms with Crippen molar-refractivity contribution in [3.63, 3.8) is 0 Å². The highest BCUT2D eigenvalue weighted by atomic mass is 16.5. The van der Waals surface area contributed by atoms with Gasteiger partial charge in [-0.2, -0.15) is 0 Å². The summed E-state index contributed by atoms with van der Waals surface area (Å²) >= 11 is 0. The van der Waals surface area contributed by atoms with Crippen LogP contribution >= 0.6 is 0 Å². The second-order valence-electron chi connectivity index (χ2n) is 3.16. The monoisotopic (exact) mass is 196 g/mol. The molecular formula is C11H16O3. The zero-order valence-corrected chi connectivity index (χ0v) is 8.58. The first-order valence-electron chi connectivity index (χ1n) is 4.73. The van der Waals surface area contributed by atoms with Crippen LogP contribution in [0, 0.1) is 0 Å². The van der Waals surface area contributed by atoms with Gasteiger partial charge in [0.15, 0.2) is 11.5 Å². The molecule has 0 bridgehead atoms. The number of ether oxygens (including phenoxy) is 1. The molecule has 1 aromatic carbocycles. The van der Waals surface area contributed by atoms with E-state index in [2.05, 4.69) is 6.92 Å². The van der Waals surface area contributed by atoms with Gasteiger partial charge in [0.2, 0.25) is 0 Å². The average Bonchev–Trinajstić information content (AvgIpc) is 2.19. The Morgan fingerprint density at radius 3 is 2.57 bits per heavy atom. The molecule has 0 aliphatic heterocycles. The first-order chi connectivity index (χ1) is 6.74. The Hall–Kier alpha value is -1.22. The quantitative estimate of drug-likeness (QED) is 0.772. The van der Waals surface area contributed by atoms with Crippen molar-refractivity contribution in [3.05, 3.63) is 23.3 Å². The van der Waals surface area contributed by atoms with Gasteiger partial charge in [-0.05, 0) is 18.1 Å². The number of hydrogen-bond donors (Lipinski definition) is 2. The molecule has 0 aromatic heterocycles. The van der Waals surface area contributed by atoms with Crippen molar-refractivity contribution in [2.75, 3.05) is 7.11 Å².